The van der Waals surface area contributed by atoms with Crippen molar-refractivity contribution in [1.82, 2.24) is 9.80 Å². The first-order valence-corrected chi connectivity index (χ1v) is 9.80. The fourth-order valence-corrected chi connectivity index (χ4v) is 5.15. The van der Waals surface area contributed by atoms with Crippen molar-refractivity contribution in [3.63, 3.8) is 0 Å². The molecule has 1 N–H and O–H groups in total. The number of piperidine rings is 1. The number of carbonyl (C=O) groups excluding carboxylic acids is 1. The van der Waals surface area contributed by atoms with Gasteiger partial charge in [0.05, 0.1) is 6.10 Å². The van der Waals surface area contributed by atoms with E-state index >= 15 is 0 Å². The van der Waals surface area contributed by atoms with Crippen LogP contribution in [0.2, 0.25) is 0 Å². The van der Waals surface area contributed by atoms with Crippen LogP contribution >= 0.6 is 0 Å². The number of hydrogen-bond acceptors (Lipinski definition) is 3. The molecule has 1 saturated heterocycles. The Bertz CT molecular complexity index is 637. The lowest BCUT2D eigenvalue weighted by atomic mass is 9.69. The molecule has 1 saturated carbocycles. The van der Waals surface area contributed by atoms with Crippen molar-refractivity contribution in [1.29, 1.82) is 0 Å². The van der Waals surface area contributed by atoms with Crippen molar-refractivity contribution < 1.29 is 9.90 Å². The summed E-state index contributed by atoms with van der Waals surface area (Å²) >= 11 is 0. The molecule has 0 unspecified atom stereocenters. The Morgan fingerprint density at radius 3 is 2.72 bits per heavy atom. The molecule has 0 radical (unpaired) electrons. The Morgan fingerprint density at radius 2 is 2.00 bits per heavy atom. The third-order valence-electron chi connectivity index (χ3n) is 6.80. The van der Waals surface area contributed by atoms with E-state index in [1.54, 1.807) is 0 Å². The maximum Gasteiger partial charge on any atom is 0.223 e. The lowest BCUT2D eigenvalue weighted by Gasteiger charge is -2.48. The maximum absolute atomic E-state index is 13.0. The minimum atomic E-state index is -0.279. The number of amides is 1. The van der Waals surface area contributed by atoms with Gasteiger partial charge in [-0.2, -0.15) is 0 Å². The molecule has 3 aliphatic rings. The highest BCUT2D eigenvalue weighted by Gasteiger charge is 2.43. The number of aliphatic hydroxyl groups is 1. The van der Waals surface area contributed by atoms with Crippen molar-refractivity contribution >= 4 is 5.91 Å². The van der Waals surface area contributed by atoms with Gasteiger partial charge in [-0.25, -0.2) is 0 Å². The molecule has 2 heterocycles. The summed E-state index contributed by atoms with van der Waals surface area (Å²) in [4.78, 5) is 17.5. The summed E-state index contributed by atoms with van der Waals surface area (Å²) in [5, 5.41) is 10.1. The Balaban J connectivity index is 1.56. The lowest BCUT2D eigenvalue weighted by Crippen LogP contribution is -2.53. The van der Waals surface area contributed by atoms with E-state index in [1.807, 2.05) is 0 Å². The molecule has 0 aromatic heterocycles. The standard InChI is InChI=1S/C21H30N2O2/c1-22-11-9-21(10-12-22)15-23(14-17-5-2-3-7-18(17)21)20(25)13-16-6-4-8-19(16)24/h2-3,5,7,16,19,24H,4,6,8-15H2,1H3/t16-,19+/m0/s1. The Labute approximate surface area is 150 Å². The molecule has 1 spiro atoms. The summed E-state index contributed by atoms with van der Waals surface area (Å²) in [7, 11) is 2.19. The van der Waals surface area contributed by atoms with Crippen molar-refractivity contribution in [3.8, 4) is 0 Å². The van der Waals surface area contributed by atoms with Gasteiger partial charge in [-0.3, -0.25) is 4.79 Å². The Morgan fingerprint density at radius 1 is 1.24 bits per heavy atom. The predicted molar refractivity (Wildman–Crippen MR) is 98.2 cm³/mol. The van der Waals surface area contributed by atoms with E-state index in [-0.39, 0.29) is 23.3 Å². The van der Waals surface area contributed by atoms with Crippen molar-refractivity contribution in [2.75, 3.05) is 26.7 Å². The van der Waals surface area contributed by atoms with Crippen molar-refractivity contribution in [2.45, 2.75) is 56.6 Å². The van der Waals surface area contributed by atoms with Crippen LogP contribution in [0.25, 0.3) is 0 Å². The highest BCUT2D eigenvalue weighted by molar-refractivity contribution is 5.77. The highest BCUT2D eigenvalue weighted by Crippen LogP contribution is 2.42. The minimum absolute atomic E-state index is 0.116. The zero-order valence-corrected chi connectivity index (χ0v) is 15.3. The van der Waals surface area contributed by atoms with Crippen LogP contribution in [0.4, 0.5) is 0 Å². The molecular weight excluding hydrogens is 312 g/mol. The SMILES string of the molecule is CN1CCC2(CC1)CN(C(=O)C[C@@H]1CCC[C@H]1O)Cc1ccccc12. The van der Waals surface area contributed by atoms with Crippen molar-refractivity contribution in [3.05, 3.63) is 35.4 Å². The highest BCUT2D eigenvalue weighted by atomic mass is 16.3. The van der Waals surface area contributed by atoms with Gasteiger partial charge in [0.2, 0.25) is 5.91 Å². The number of aliphatic hydroxyl groups excluding tert-OH is 1. The van der Waals surface area contributed by atoms with Gasteiger partial charge in [-0.1, -0.05) is 30.7 Å². The number of carbonyl (C=O) groups is 1. The number of likely N-dealkylation sites (tertiary alicyclic amines) is 1. The molecule has 4 rings (SSSR count). The Hall–Kier alpha value is -1.39. The van der Waals surface area contributed by atoms with Crippen LogP contribution in [0, 0.1) is 5.92 Å². The first-order chi connectivity index (χ1) is 12.1. The first-order valence-electron chi connectivity index (χ1n) is 9.80. The van der Waals surface area contributed by atoms with Crippen LogP contribution in [0.5, 0.6) is 0 Å². The molecule has 136 valence electrons. The predicted octanol–water partition coefficient (Wildman–Crippen LogP) is 2.54. The molecule has 2 aliphatic heterocycles. The largest absolute Gasteiger partial charge is 0.393 e. The third kappa shape index (κ3) is 3.22. The molecule has 1 aromatic carbocycles. The average molecular weight is 342 g/mol. The molecule has 0 bridgehead atoms. The van der Waals surface area contributed by atoms with Crippen molar-refractivity contribution in [2.24, 2.45) is 5.92 Å². The lowest BCUT2D eigenvalue weighted by molar-refractivity contribution is -0.135. The van der Waals surface area contributed by atoms with Crippen LogP contribution in [-0.4, -0.2) is 53.6 Å². The number of fused-ring (bicyclic) bond motifs is 2. The summed E-state index contributed by atoms with van der Waals surface area (Å²) in [6.07, 6.45) is 5.38. The molecule has 2 fully saturated rings. The smallest absolute Gasteiger partial charge is 0.223 e. The number of rotatable bonds is 2. The van der Waals surface area contributed by atoms with E-state index in [0.717, 1.165) is 58.3 Å². The minimum Gasteiger partial charge on any atom is -0.393 e. The second-order valence-corrected chi connectivity index (χ2v) is 8.45. The van der Waals surface area contributed by atoms with Gasteiger partial charge in [0.25, 0.3) is 0 Å². The van der Waals surface area contributed by atoms with Gasteiger partial charge in [0.1, 0.15) is 0 Å². The van der Waals surface area contributed by atoms with E-state index < -0.39 is 0 Å². The molecule has 4 nitrogen and oxygen atoms in total. The van der Waals surface area contributed by atoms with E-state index in [4.69, 9.17) is 0 Å². The molecule has 1 aliphatic carbocycles. The first kappa shape index (κ1) is 17.0. The second-order valence-electron chi connectivity index (χ2n) is 8.45. The van der Waals surface area contributed by atoms with Crippen LogP contribution in [0.3, 0.4) is 0 Å². The number of hydrogen-bond donors (Lipinski definition) is 1. The molecular formula is C21H30N2O2. The van der Waals surface area contributed by atoms with Gasteiger partial charge in [-0.15, -0.1) is 0 Å². The summed E-state index contributed by atoms with van der Waals surface area (Å²) in [5.74, 6) is 0.400. The summed E-state index contributed by atoms with van der Waals surface area (Å²) in [5.41, 5.74) is 2.90. The summed E-state index contributed by atoms with van der Waals surface area (Å²) in [6.45, 7) is 3.77. The fraction of sp³-hybridized carbons (Fsp3) is 0.667. The monoisotopic (exact) mass is 342 g/mol. The number of benzene rings is 1. The number of nitrogens with zero attached hydrogens (tertiary/aromatic N) is 2. The van der Waals surface area contributed by atoms with Crippen LogP contribution in [0.1, 0.15) is 49.7 Å². The zero-order valence-electron chi connectivity index (χ0n) is 15.3. The van der Waals surface area contributed by atoms with Gasteiger partial charge < -0.3 is 14.9 Å². The van der Waals surface area contributed by atoms with E-state index in [0.29, 0.717) is 6.42 Å². The van der Waals surface area contributed by atoms with E-state index in [9.17, 15) is 9.90 Å². The van der Waals surface area contributed by atoms with Gasteiger partial charge in [0.15, 0.2) is 0 Å². The van der Waals surface area contributed by atoms with E-state index in [1.165, 1.54) is 11.1 Å². The van der Waals surface area contributed by atoms with Gasteiger partial charge in [0, 0.05) is 24.9 Å². The maximum atomic E-state index is 13.0. The van der Waals surface area contributed by atoms with Gasteiger partial charge in [-0.05, 0) is 62.9 Å². The average Bonchev–Trinajstić information content (AvgIpc) is 3.02. The third-order valence-corrected chi connectivity index (χ3v) is 6.80. The van der Waals surface area contributed by atoms with Crippen LogP contribution in [0.15, 0.2) is 24.3 Å². The van der Waals surface area contributed by atoms with E-state index in [2.05, 4.69) is 41.1 Å². The van der Waals surface area contributed by atoms with Crippen LogP contribution < -0.4 is 0 Å². The van der Waals surface area contributed by atoms with Gasteiger partial charge >= 0.3 is 0 Å². The topological polar surface area (TPSA) is 43.8 Å². The molecule has 1 amide bonds. The quantitative estimate of drug-likeness (QED) is 0.898. The molecule has 2 atom stereocenters. The molecule has 4 heteroatoms. The zero-order chi connectivity index (χ0) is 17.4. The Kier molecular flexibility index (Phi) is 4.59. The fourth-order valence-electron chi connectivity index (χ4n) is 5.15. The molecule has 1 aromatic rings. The van der Waals surface area contributed by atoms with Crippen LogP contribution in [-0.2, 0) is 16.8 Å². The normalized spacial score (nSPS) is 29.0. The second kappa shape index (κ2) is 6.73. The summed E-state index contributed by atoms with van der Waals surface area (Å²) in [6, 6.07) is 8.71. The summed E-state index contributed by atoms with van der Waals surface area (Å²) < 4.78 is 0. The molecule has 25 heavy (non-hydrogen) atoms.